The van der Waals surface area contributed by atoms with Crippen molar-refractivity contribution >= 4 is 16.9 Å². The molecule has 3 aromatic rings. The van der Waals surface area contributed by atoms with Gasteiger partial charge in [-0.05, 0) is 46.6 Å². The second-order valence-corrected chi connectivity index (χ2v) is 8.81. The van der Waals surface area contributed by atoms with Crippen LogP contribution < -0.4 is 21.9 Å². The zero-order chi connectivity index (χ0) is 23.9. The summed E-state index contributed by atoms with van der Waals surface area (Å²) in [6.07, 6.45) is 1.96. The number of nitrogens with zero attached hydrogens (tertiary/aromatic N) is 6. The van der Waals surface area contributed by atoms with E-state index in [-0.39, 0.29) is 23.8 Å². The largest absolute Gasteiger partial charge is 0.356 e. The van der Waals surface area contributed by atoms with Gasteiger partial charge in [0.05, 0.1) is 18.6 Å². The summed E-state index contributed by atoms with van der Waals surface area (Å²) in [5.74, 6) is 7.38. The van der Waals surface area contributed by atoms with Crippen molar-refractivity contribution in [3.8, 4) is 11.8 Å². The van der Waals surface area contributed by atoms with E-state index in [0.717, 1.165) is 42.2 Å². The minimum absolute atomic E-state index is 0.0115. The Morgan fingerprint density at radius 3 is 2.45 bits per heavy atom. The topological polar surface area (TPSA) is 104 Å². The van der Waals surface area contributed by atoms with Gasteiger partial charge < -0.3 is 15.2 Å². The van der Waals surface area contributed by atoms with Gasteiger partial charge in [-0.15, -0.1) is 5.92 Å². The third kappa shape index (κ3) is 4.07. The van der Waals surface area contributed by atoms with E-state index in [1.807, 2.05) is 31.4 Å². The number of anilines is 1. The molecular weight excluding hydrogens is 418 g/mol. The molecule has 0 spiro atoms. The highest BCUT2D eigenvalue weighted by molar-refractivity contribution is 5.86. The molecule has 0 amide bonds. The summed E-state index contributed by atoms with van der Waals surface area (Å²) in [6, 6.07) is 1.94. The third-order valence-electron chi connectivity index (χ3n) is 6.24. The molecule has 4 rings (SSSR count). The Labute approximate surface area is 192 Å². The van der Waals surface area contributed by atoms with Crippen LogP contribution in [0.25, 0.3) is 11.0 Å². The van der Waals surface area contributed by atoms with Crippen LogP contribution in [-0.2, 0) is 20.1 Å². The van der Waals surface area contributed by atoms with E-state index in [9.17, 15) is 9.59 Å². The van der Waals surface area contributed by atoms with Crippen LogP contribution in [0.2, 0.25) is 0 Å². The van der Waals surface area contributed by atoms with Crippen LogP contribution in [0, 0.1) is 32.6 Å². The van der Waals surface area contributed by atoms with E-state index in [1.165, 1.54) is 4.57 Å². The first-order chi connectivity index (χ1) is 15.7. The first kappa shape index (κ1) is 22.8. The lowest BCUT2D eigenvalue weighted by molar-refractivity contribution is 0.498. The average Bonchev–Trinajstić information content (AvgIpc) is 3.05. The number of hydrogen-bond donors (Lipinski definition) is 1. The van der Waals surface area contributed by atoms with Crippen LogP contribution >= 0.6 is 0 Å². The van der Waals surface area contributed by atoms with Crippen molar-refractivity contribution in [2.45, 2.75) is 59.7 Å². The monoisotopic (exact) mass is 449 g/mol. The summed E-state index contributed by atoms with van der Waals surface area (Å²) in [5.41, 5.74) is 9.10. The molecule has 3 aromatic heterocycles. The van der Waals surface area contributed by atoms with Crippen LogP contribution in [0.5, 0.6) is 0 Å². The molecule has 1 atom stereocenters. The number of hydrogen-bond acceptors (Lipinski definition) is 6. The summed E-state index contributed by atoms with van der Waals surface area (Å²) in [7, 11) is 1.71. The highest BCUT2D eigenvalue weighted by atomic mass is 16.2. The summed E-state index contributed by atoms with van der Waals surface area (Å²) in [4.78, 5) is 38.1. The smallest absolute Gasteiger partial charge is 0.331 e. The number of piperidine rings is 1. The fourth-order valence-corrected chi connectivity index (χ4v) is 4.91. The summed E-state index contributed by atoms with van der Waals surface area (Å²) < 4.78 is 4.72. The van der Waals surface area contributed by atoms with Crippen molar-refractivity contribution in [3.63, 3.8) is 0 Å². The van der Waals surface area contributed by atoms with Gasteiger partial charge in [0.2, 0.25) is 0 Å². The van der Waals surface area contributed by atoms with Gasteiger partial charge in [0, 0.05) is 43.1 Å². The predicted octanol–water partition coefficient (Wildman–Crippen LogP) is 1.22. The Morgan fingerprint density at radius 2 is 1.82 bits per heavy atom. The molecule has 0 aliphatic carbocycles. The molecular formula is C24H31N7O2. The number of nitrogens with two attached hydrogens (primary N) is 1. The molecule has 33 heavy (non-hydrogen) atoms. The summed E-state index contributed by atoms with van der Waals surface area (Å²) in [5, 5.41) is 0. The van der Waals surface area contributed by atoms with Gasteiger partial charge in [0.1, 0.15) is 17.2 Å². The van der Waals surface area contributed by atoms with Crippen LogP contribution in [0.3, 0.4) is 0 Å². The van der Waals surface area contributed by atoms with Crippen LogP contribution in [0.1, 0.15) is 42.5 Å². The summed E-state index contributed by atoms with van der Waals surface area (Å²) >= 11 is 0. The Kier molecular flexibility index (Phi) is 6.13. The SMILES string of the molecule is CC#CCn1c(N2CCC[C@@H](N)C2)c(C)c2c1c(=O)n(Cc1nc(C)cc(C)n1)c(=O)n2C. The highest BCUT2D eigenvalue weighted by Gasteiger charge is 2.27. The van der Waals surface area contributed by atoms with Crippen molar-refractivity contribution in [3.05, 3.63) is 49.7 Å². The molecule has 0 radical (unpaired) electrons. The van der Waals surface area contributed by atoms with E-state index in [4.69, 9.17) is 5.73 Å². The number of aromatic nitrogens is 5. The Hall–Kier alpha value is -3.38. The zero-order valence-electron chi connectivity index (χ0n) is 20.0. The van der Waals surface area contributed by atoms with Gasteiger partial charge >= 0.3 is 5.69 Å². The normalized spacial score (nSPS) is 16.2. The minimum Gasteiger partial charge on any atom is -0.356 e. The van der Waals surface area contributed by atoms with Crippen molar-refractivity contribution in [2.75, 3.05) is 18.0 Å². The molecule has 0 saturated carbocycles. The molecule has 9 heteroatoms. The molecule has 1 fully saturated rings. The van der Waals surface area contributed by atoms with E-state index in [1.54, 1.807) is 18.5 Å². The maximum Gasteiger partial charge on any atom is 0.331 e. The molecule has 1 aliphatic rings. The first-order valence-corrected chi connectivity index (χ1v) is 11.3. The second-order valence-electron chi connectivity index (χ2n) is 8.81. The summed E-state index contributed by atoms with van der Waals surface area (Å²) in [6.45, 7) is 9.40. The van der Waals surface area contributed by atoms with Gasteiger partial charge in [0.25, 0.3) is 5.56 Å². The van der Waals surface area contributed by atoms with Gasteiger partial charge in [-0.25, -0.2) is 14.8 Å². The minimum atomic E-state index is -0.390. The number of aryl methyl sites for hydroxylation is 4. The molecule has 2 N–H and O–H groups in total. The van der Waals surface area contributed by atoms with Crippen LogP contribution in [0.15, 0.2) is 15.7 Å². The first-order valence-electron chi connectivity index (χ1n) is 11.3. The highest BCUT2D eigenvalue weighted by Crippen LogP contribution is 2.31. The Bertz CT molecular complexity index is 1380. The van der Waals surface area contributed by atoms with E-state index in [0.29, 0.717) is 29.9 Å². The Morgan fingerprint density at radius 1 is 1.12 bits per heavy atom. The average molecular weight is 450 g/mol. The maximum atomic E-state index is 13.8. The fraction of sp³-hybridized carbons (Fsp3) is 0.500. The zero-order valence-corrected chi connectivity index (χ0v) is 20.0. The predicted molar refractivity (Wildman–Crippen MR) is 130 cm³/mol. The molecule has 0 unspecified atom stereocenters. The molecule has 0 aromatic carbocycles. The van der Waals surface area contributed by atoms with Crippen LogP contribution in [-0.4, -0.2) is 42.8 Å². The molecule has 1 aliphatic heterocycles. The fourth-order valence-electron chi connectivity index (χ4n) is 4.91. The van der Waals surface area contributed by atoms with Gasteiger partial charge in [-0.2, -0.15) is 0 Å². The van der Waals surface area contributed by atoms with E-state index in [2.05, 4.69) is 26.7 Å². The lowest BCUT2D eigenvalue weighted by Crippen LogP contribution is -2.44. The quantitative estimate of drug-likeness (QED) is 0.601. The standard InChI is InChI=1S/C24H31N7O2/c1-6-7-11-30-21-20(17(4)22(30)29-10-8-9-18(25)13-29)28(5)24(33)31(23(21)32)14-19-26-15(2)12-16(3)27-19/h12,18H,8-11,13-14,25H2,1-5H3/t18-/m1/s1. The maximum absolute atomic E-state index is 13.8. The van der Waals surface area contributed by atoms with Crippen molar-refractivity contribution in [2.24, 2.45) is 12.8 Å². The third-order valence-corrected chi connectivity index (χ3v) is 6.24. The van der Waals surface area contributed by atoms with Crippen molar-refractivity contribution < 1.29 is 0 Å². The molecule has 4 heterocycles. The van der Waals surface area contributed by atoms with Crippen molar-refractivity contribution in [1.29, 1.82) is 0 Å². The van der Waals surface area contributed by atoms with E-state index >= 15 is 0 Å². The lowest BCUT2D eigenvalue weighted by atomic mass is 10.1. The second kappa shape index (κ2) is 8.87. The molecule has 9 nitrogen and oxygen atoms in total. The number of fused-ring (bicyclic) bond motifs is 1. The van der Waals surface area contributed by atoms with E-state index < -0.39 is 0 Å². The van der Waals surface area contributed by atoms with Gasteiger partial charge in [-0.1, -0.05) is 5.92 Å². The molecule has 0 bridgehead atoms. The Balaban J connectivity index is 1.98. The number of rotatable bonds is 4. The lowest BCUT2D eigenvalue weighted by Gasteiger charge is -2.33. The molecule has 174 valence electrons. The van der Waals surface area contributed by atoms with Crippen molar-refractivity contribution in [1.82, 2.24) is 23.7 Å². The van der Waals surface area contributed by atoms with Gasteiger partial charge in [-0.3, -0.25) is 13.9 Å². The van der Waals surface area contributed by atoms with Gasteiger partial charge in [0.15, 0.2) is 0 Å². The van der Waals surface area contributed by atoms with Crippen LogP contribution in [0.4, 0.5) is 5.82 Å². The molecule has 1 saturated heterocycles.